The monoisotopic (exact) mass is 294 g/mol. The Bertz CT molecular complexity index is 449. The van der Waals surface area contributed by atoms with E-state index in [-0.39, 0.29) is 11.9 Å². The minimum absolute atomic E-state index is 0.0245. The minimum atomic E-state index is 0.0245. The number of carbonyl (C=O) groups is 1. The molecule has 0 radical (unpaired) electrons. The van der Waals surface area contributed by atoms with Gasteiger partial charge in [-0.2, -0.15) is 0 Å². The van der Waals surface area contributed by atoms with Crippen molar-refractivity contribution in [3.05, 3.63) is 23.8 Å². The maximum atomic E-state index is 11.7. The third kappa shape index (κ3) is 6.04. The summed E-state index contributed by atoms with van der Waals surface area (Å²) in [5.41, 5.74) is 1.04. The number of benzene rings is 1. The standard InChI is InChI=1S/C16H26N2O3/c1-5-6-12(2)18-16(19)11-17-10-13-7-8-14(20-3)15(9-13)21-4/h7-9,12,17H,5-6,10-11H2,1-4H3,(H,18,19). The Labute approximate surface area is 127 Å². The van der Waals surface area contributed by atoms with Crippen LogP contribution in [0.15, 0.2) is 18.2 Å². The second kappa shape index (κ2) is 9.23. The first-order valence-corrected chi connectivity index (χ1v) is 7.31. The Balaban J connectivity index is 2.40. The maximum absolute atomic E-state index is 11.7. The molecule has 0 aliphatic heterocycles. The molecule has 0 aliphatic rings. The molecule has 0 saturated heterocycles. The quantitative estimate of drug-likeness (QED) is 0.732. The maximum Gasteiger partial charge on any atom is 0.234 e. The largest absolute Gasteiger partial charge is 0.493 e. The molecule has 0 aromatic heterocycles. The summed E-state index contributed by atoms with van der Waals surface area (Å²) in [6.07, 6.45) is 2.07. The van der Waals surface area contributed by atoms with Gasteiger partial charge in [-0.3, -0.25) is 4.79 Å². The van der Waals surface area contributed by atoms with Crippen LogP contribution in [-0.2, 0) is 11.3 Å². The van der Waals surface area contributed by atoms with E-state index < -0.39 is 0 Å². The number of rotatable bonds is 9. The molecule has 1 rings (SSSR count). The molecule has 1 unspecified atom stereocenters. The summed E-state index contributed by atoms with van der Waals surface area (Å²) in [7, 11) is 3.22. The molecular formula is C16H26N2O3. The fourth-order valence-corrected chi connectivity index (χ4v) is 2.14. The number of methoxy groups -OCH3 is 2. The fourth-order valence-electron chi connectivity index (χ4n) is 2.14. The lowest BCUT2D eigenvalue weighted by Crippen LogP contribution is -2.38. The molecule has 5 nitrogen and oxygen atoms in total. The molecule has 1 aromatic rings. The smallest absolute Gasteiger partial charge is 0.234 e. The molecule has 0 aliphatic carbocycles. The molecular weight excluding hydrogens is 268 g/mol. The summed E-state index contributed by atoms with van der Waals surface area (Å²) >= 11 is 0. The third-order valence-electron chi connectivity index (χ3n) is 3.19. The van der Waals surface area contributed by atoms with Crippen LogP contribution in [0.2, 0.25) is 0 Å². The van der Waals surface area contributed by atoms with Gasteiger partial charge in [0, 0.05) is 12.6 Å². The van der Waals surface area contributed by atoms with Crippen molar-refractivity contribution in [1.29, 1.82) is 0 Å². The fraction of sp³-hybridized carbons (Fsp3) is 0.562. The van der Waals surface area contributed by atoms with Gasteiger partial charge in [0.05, 0.1) is 20.8 Å². The zero-order valence-electron chi connectivity index (χ0n) is 13.4. The topological polar surface area (TPSA) is 59.6 Å². The van der Waals surface area contributed by atoms with E-state index in [1.54, 1.807) is 14.2 Å². The van der Waals surface area contributed by atoms with Crippen LogP contribution in [-0.4, -0.2) is 32.7 Å². The van der Waals surface area contributed by atoms with Crippen molar-refractivity contribution in [3.63, 3.8) is 0 Å². The first kappa shape index (κ1) is 17.3. The van der Waals surface area contributed by atoms with Crippen molar-refractivity contribution in [2.75, 3.05) is 20.8 Å². The zero-order valence-corrected chi connectivity index (χ0v) is 13.4. The lowest BCUT2D eigenvalue weighted by atomic mass is 10.2. The van der Waals surface area contributed by atoms with E-state index in [0.29, 0.717) is 24.6 Å². The predicted octanol–water partition coefficient (Wildman–Crippen LogP) is 2.10. The van der Waals surface area contributed by atoms with Crippen LogP contribution in [0.3, 0.4) is 0 Å². The van der Waals surface area contributed by atoms with Crippen molar-refractivity contribution in [3.8, 4) is 11.5 Å². The number of hydrogen-bond donors (Lipinski definition) is 2. The van der Waals surface area contributed by atoms with Crippen molar-refractivity contribution >= 4 is 5.91 Å². The van der Waals surface area contributed by atoms with E-state index in [1.165, 1.54) is 0 Å². The molecule has 5 heteroatoms. The van der Waals surface area contributed by atoms with E-state index in [4.69, 9.17) is 9.47 Å². The highest BCUT2D eigenvalue weighted by Gasteiger charge is 2.07. The first-order chi connectivity index (χ1) is 10.1. The molecule has 0 spiro atoms. The summed E-state index contributed by atoms with van der Waals surface area (Å²) in [6, 6.07) is 5.94. The average Bonchev–Trinajstić information content (AvgIpc) is 2.47. The second-order valence-electron chi connectivity index (χ2n) is 5.05. The number of amides is 1. The van der Waals surface area contributed by atoms with Crippen LogP contribution < -0.4 is 20.1 Å². The van der Waals surface area contributed by atoms with Gasteiger partial charge in [-0.05, 0) is 31.0 Å². The van der Waals surface area contributed by atoms with Crippen molar-refractivity contribution in [1.82, 2.24) is 10.6 Å². The van der Waals surface area contributed by atoms with Gasteiger partial charge in [0.1, 0.15) is 0 Å². The highest BCUT2D eigenvalue weighted by molar-refractivity contribution is 5.78. The van der Waals surface area contributed by atoms with Crippen molar-refractivity contribution in [2.24, 2.45) is 0 Å². The molecule has 118 valence electrons. The molecule has 0 heterocycles. The highest BCUT2D eigenvalue weighted by Crippen LogP contribution is 2.27. The van der Waals surface area contributed by atoms with Crippen molar-refractivity contribution < 1.29 is 14.3 Å². The lowest BCUT2D eigenvalue weighted by molar-refractivity contribution is -0.120. The Kier molecular flexibility index (Phi) is 7.61. The Morgan fingerprint density at radius 3 is 2.57 bits per heavy atom. The SMILES string of the molecule is CCCC(C)NC(=O)CNCc1ccc(OC)c(OC)c1. The number of ether oxygens (including phenoxy) is 2. The van der Waals surface area contributed by atoms with E-state index in [1.807, 2.05) is 25.1 Å². The average molecular weight is 294 g/mol. The molecule has 1 atom stereocenters. The summed E-state index contributed by atoms with van der Waals surface area (Å²) in [6.45, 7) is 5.05. The van der Waals surface area contributed by atoms with Gasteiger partial charge in [0.15, 0.2) is 11.5 Å². The number of hydrogen-bond acceptors (Lipinski definition) is 4. The van der Waals surface area contributed by atoms with Crippen LogP contribution in [0, 0.1) is 0 Å². The molecule has 2 N–H and O–H groups in total. The van der Waals surface area contributed by atoms with Crippen LogP contribution in [0.4, 0.5) is 0 Å². The van der Waals surface area contributed by atoms with E-state index in [9.17, 15) is 4.79 Å². The molecule has 0 fully saturated rings. The van der Waals surface area contributed by atoms with Crippen molar-refractivity contribution in [2.45, 2.75) is 39.3 Å². The zero-order chi connectivity index (χ0) is 15.7. The minimum Gasteiger partial charge on any atom is -0.493 e. The summed E-state index contributed by atoms with van der Waals surface area (Å²) in [5, 5.41) is 6.09. The molecule has 1 aromatic carbocycles. The van der Waals surface area contributed by atoms with E-state index in [0.717, 1.165) is 18.4 Å². The number of nitrogens with one attached hydrogen (secondary N) is 2. The van der Waals surface area contributed by atoms with Crippen LogP contribution in [0.5, 0.6) is 11.5 Å². The molecule has 0 saturated carbocycles. The van der Waals surface area contributed by atoms with Gasteiger partial charge in [0.25, 0.3) is 0 Å². The predicted molar refractivity (Wildman–Crippen MR) is 83.8 cm³/mol. The Hall–Kier alpha value is -1.75. The summed E-state index contributed by atoms with van der Waals surface area (Å²) < 4.78 is 10.4. The van der Waals surface area contributed by atoms with Gasteiger partial charge < -0.3 is 20.1 Å². The third-order valence-corrected chi connectivity index (χ3v) is 3.19. The molecule has 0 bridgehead atoms. The molecule has 21 heavy (non-hydrogen) atoms. The van der Waals surface area contributed by atoms with E-state index in [2.05, 4.69) is 17.6 Å². The lowest BCUT2D eigenvalue weighted by Gasteiger charge is -2.13. The Morgan fingerprint density at radius 1 is 1.24 bits per heavy atom. The summed E-state index contributed by atoms with van der Waals surface area (Å²) in [5.74, 6) is 1.42. The van der Waals surface area contributed by atoms with Gasteiger partial charge in [-0.25, -0.2) is 0 Å². The first-order valence-electron chi connectivity index (χ1n) is 7.31. The van der Waals surface area contributed by atoms with E-state index >= 15 is 0 Å². The van der Waals surface area contributed by atoms with Crippen LogP contribution in [0.1, 0.15) is 32.3 Å². The van der Waals surface area contributed by atoms with Gasteiger partial charge >= 0.3 is 0 Å². The van der Waals surface area contributed by atoms with Gasteiger partial charge in [-0.1, -0.05) is 19.4 Å². The second-order valence-corrected chi connectivity index (χ2v) is 5.05. The number of carbonyl (C=O) groups excluding carboxylic acids is 1. The normalized spacial score (nSPS) is 11.8. The van der Waals surface area contributed by atoms with Crippen LogP contribution in [0.25, 0.3) is 0 Å². The molecule has 1 amide bonds. The van der Waals surface area contributed by atoms with Crippen LogP contribution >= 0.6 is 0 Å². The Morgan fingerprint density at radius 2 is 1.95 bits per heavy atom. The summed E-state index contributed by atoms with van der Waals surface area (Å²) in [4.78, 5) is 11.7. The van der Waals surface area contributed by atoms with Gasteiger partial charge in [0.2, 0.25) is 5.91 Å². The van der Waals surface area contributed by atoms with Gasteiger partial charge in [-0.15, -0.1) is 0 Å². The highest BCUT2D eigenvalue weighted by atomic mass is 16.5.